The second-order valence-electron chi connectivity index (χ2n) is 7.20. The first-order chi connectivity index (χ1) is 12.0. The van der Waals surface area contributed by atoms with Crippen LogP contribution in [-0.2, 0) is 4.79 Å². The predicted molar refractivity (Wildman–Crippen MR) is 96.1 cm³/mol. The van der Waals surface area contributed by atoms with Crippen LogP contribution >= 0.6 is 0 Å². The fourth-order valence-corrected chi connectivity index (χ4v) is 3.36. The zero-order valence-corrected chi connectivity index (χ0v) is 14.9. The summed E-state index contributed by atoms with van der Waals surface area (Å²) >= 11 is 0. The number of amides is 1. The second kappa shape index (κ2) is 7.31. The van der Waals surface area contributed by atoms with E-state index in [0.717, 1.165) is 24.2 Å². The maximum absolute atomic E-state index is 12.2. The summed E-state index contributed by atoms with van der Waals surface area (Å²) in [7, 11) is 0. The Morgan fingerprint density at radius 2 is 1.96 bits per heavy atom. The lowest BCUT2D eigenvalue weighted by atomic mass is 9.94. The number of nitrogens with zero attached hydrogens (tertiary/aromatic N) is 4. The molecule has 1 aliphatic rings. The Labute approximate surface area is 147 Å². The zero-order chi connectivity index (χ0) is 18.0. The number of aliphatic hydroxyl groups is 1. The van der Waals surface area contributed by atoms with Gasteiger partial charge in [0.1, 0.15) is 11.6 Å². The van der Waals surface area contributed by atoms with Crippen LogP contribution < -0.4 is 10.2 Å². The van der Waals surface area contributed by atoms with Gasteiger partial charge in [-0.3, -0.25) is 4.79 Å². The van der Waals surface area contributed by atoms with E-state index in [0.29, 0.717) is 18.1 Å². The van der Waals surface area contributed by atoms with Crippen LogP contribution in [0.3, 0.4) is 0 Å². The topological polar surface area (TPSA) is 91.2 Å². The third-order valence-corrected chi connectivity index (χ3v) is 4.60. The van der Waals surface area contributed by atoms with Crippen molar-refractivity contribution in [3.63, 3.8) is 0 Å². The van der Waals surface area contributed by atoms with Gasteiger partial charge in [-0.2, -0.15) is 0 Å². The van der Waals surface area contributed by atoms with E-state index in [-0.39, 0.29) is 17.9 Å². The third kappa shape index (κ3) is 3.87. The van der Waals surface area contributed by atoms with Gasteiger partial charge in [0.25, 0.3) is 0 Å². The summed E-state index contributed by atoms with van der Waals surface area (Å²) in [6.45, 7) is 7.40. The van der Waals surface area contributed by atoms with Crippen LogP contribution in [0.1, 0.15) is 27.2 Å². The van der Waals surface area contributed by atoms with Gasteiger partial charge in [0.2, 0.25) is 5.91 Å². The smallest absolute Gasteiger partial charge is 0.249 e. The molecule has 7 nitrogen and oxygen atoms in total. The number of rotatable bonds is 4. The normalized spacial score (nSPS) is 22.2. The van der Waals surface area contributed by atoms with Crippen molar-refractivity contribution in [2.24, 2.45) is 11.8 Å². The van der Waals surface area contributed by atoms with Crippen molar-refractivity contribution >= 4 is 22.8 Å². The molecule has 2 aromatic heterocycles. The number of fused-ring (bicyclic) bond motifs is 1. The first-order valence-electron chi connectivity index (χ1n) is 8.74. The summed E-state index contributed by atoms with van der Waals surface area (Å²) in [4.78, 5) is 27.4. The molecule has 1 amide bonds. The lowest BCUT2D eigenvalue weighted by molar-refractivity contribution is -0.132. The van der Waals surface area contributed by atoms with Crippen LogP contribution in [-0.4, -0.2) is 51.2 Å². The summed E-state index contributed by atoms with van der Waals surface area (Å²) in [6.07, 6.45) is 4.95. The van der Waals surface area contributed by atoms with E-state index in [4.69, 9.17) is 0 Å². The molecule has 3 heterocycles. The SMILES string of the molecule is CC(C)[C@H](O)C(=O)N[C@@H]1C[C@H](C)CN(c2ccnc3nccnc23)C1. The van der Waals surface area contributed by atoms with Crippen LogP contribution in [0.25, 0.3) is 11.2 Å². The van der Waals surface area contributed by atoms with Crippen molar-refractivity contribution in [1.29, 1.82) is 0 Å². The lowest BCUT2D eigenvalue weighted by Crippen LogP contribution is -2.53. The van der Waals surface area contributed by atoms with Gasteiger partial charge in [0.15, 0.2) is 5.65 Å². The molecule has 7 heteroatoms. The highest BCUT2D eigenvalue weighted by Crippen LogP contribution is 2.27. The molecule has 2 aromatic rings. The molecule has 1 fully saturated rings. The average molecular weight is 343 g/mol. The van der Waals surface area contributed by atoms with Crippen molar-refractivity contribution in [1.82, 2.24) is 20.3 Å². The summed E-state index contributed by atoms with van der Waals surface area (Å²) in [5, 5.41) is 13.0. The van der Waals surface area contributed by atoms with E-state index in [1.54, 1.807) is 18.6 Å². The Balaban J connectivity index is 1.79. The maximum Gasteiger partial charge on any atom is 0.249 e. The molecule has 0 radical (unpaired) electrons. The Hall–Kier alpha value is -2.28. The third-order valence-electron chi connectivity index (χ3n) is 4.60. The number of hydrogen-bond donors (Lipinski definition) is 2. The molecule has 0 aromatic carbocycles. The van der Waals surface area contributed by atoms with E-state index in [9.17, 15) is 9.90 Å². The van der Waals surface area contributed by atoms with Gasteiger partial charge in [0.05, 0.1) is 5.69 Å². The van der Waals surface area contributed by atoms with Gasteiger partial charge in [0, 0.05) is 37.7 Å². The number of aromatic nitrogens is 3. The van der Waals surface area contributed by atoms with Gasteiger partial charge in [-0.05, 0) is 24.3 Å². The molecule has 1 aliphatic heterocycles. The second-order valence-corrected chi connectivity index (χ2v) is 7.20. The number of carbonyl (C=O) groups is 1. The highest BCUT2D eigenvalue weighted by Gasteiger charge is 2.29. The molecule has 0 unspecified atom stereocenters. The van der Waals surface area contributed by atoms with Crippen LogP contribution in [0.4, 0.5) is 5.69 Å². The van der Waals surface area contributed by atoms with Gasteiger partial charge in [-0.15, -0.1) is 0 Å². The minimum absolute atomic E-state index is 0.00969. The van der Waals surface area contributed by atoms with Crippen molar-refractivity contribution in [3.8, 4) is 0 Å². The van der Waals surface area contributed by atoms with Gasteiger partial charge in [-0.1, -0.05) is 20.8 Å². The van der Waals surface area contributed by atoms with Crippen molar-refractivity contribution in [2.75, 3.05) is 18.0 Å². The van der Waals surface area contributed by atoms with E-state index in [1.807, 2.05) is 19.9 Å². The molecular weight excluding hydrogens is 318 g/mol. The number of carbonyl (C=O) groups excluding carboxylic acids is 1. The fraction of sp³-hybridized carbons (Fsp3) is 0.556. The van der Waals surface area contributed by atoms with Crippen molar-refractivity contribution in [3.05, 3.63) is 24.7 Å². The molecular formula is C18H25N5O2. The summed E-state index contributed by atoms with van der Waals surface area (Å²) < 4.78 is 0. The molecule has 134 valence electrons. The highest BCUT2D eigenvalue weighted by molar-refractivity contribution is 5.85. The fourth-order valence-electron chi connectivity index (χ4n) is 3.36. The Bertz CT molecular complexity index is 746. The van der Waals surface area contributed by atoms with Crippen LogP contribution in [0.5, 0.6) is 0 Å². The molecule has 25 heavy (non-hydrogen) atoms. The standard InChI is InChI=1S/C18H25N5O2/c1-11(2)16(24)18(25)22-13-8-12(3)9-23(10-13)14-4-5-20-17-15(14)19-6-7-21-17/h4-7,11-13,16,24H,8-10H2,1-3H3,(H,22,25)/t12-,13+,16-/m0/s1. The molecule has 0 aliphatic carbocycles. The molecule has 0 spiro atoms. The molecule has 3 atom stereocenters. The monoisotopic (exact) mass is 343 g/mol. The Morgan fingerprint density at radius 3 is 2.72 bits per heavy atom. The van der Waals surface area contributed by atoms with Crippen molar-refractivity contribution < 1.29 is 9.90 Å². The maximum atomic E-state index is 12.2. The van der Waals surface area contributed by atoms with Gasteiger partial charge >= 0.3 is 0 Å². The number of nitrogens with one attached hydrogen (secondary N) is 1. The lowest BCUT2D eigenvalue weighted by Gasteiger charge is -2.38. The number of piperidine rings is 1. The molecule has 3 rings (SSSR count). The predicted octanol–water partition coefficient (Wildman–Crippen LogP) is 1.37. The van der Waals surface area contributed by atoms with E-state index >= 15 is 0 Å². The highest BCUT2D eigenvalue weighted by atomic mass is 16.3. The molecule has 0 bridgehead atoms. The number of hydrogen-bond acceptors (Lipinski definition) is 6. The van der Waals surface area contributed by atoms with E-state index in [2.05, 4.69) is 32.1 Å². The first-order valence-corrected chi connectivity index (χ1v) is 8.74. The minimum atomic E-state index is -0.974. The van der Waals surface area contributed by atoms with Crippen LogP contribution in [0.15, 0.2) is 24.7 Å². The largest absolute Gasteiger partial charge is 0.383 e. The quantitative estimate of drug-likeness (QED) is 0.871. The molecule has 1 saturated heterocycles. The summed E-state index contributed by atoms with van der Waals surface area (Å²) in [5.74, 6) is 0.0140. The average Bonchev–Trinajstić information content (AvgIpc) is 2.59. The Kier molecular flexibility index (Phi) is 5.13. The Morgan fingerprint density at radius 1 is 1.24 bits per heavy atom. The summed E-state index contributed by atoms with van der Waals surface area (Å²) in [6, 6.07) is 1.93. The zero-order valence-electron chi connectivity index (χ0n) is 14.9. The molecule has 2 N–H and O–H groups in total. The van der Waals surface area contributed by atoms with Crippen LogP contribution in [0, 0.1) is 11.8 Å². The van der Waals surface area contributed by atoms with Crippen molar-refractivity contribution in [2.45, 2.75) is 39.3 Å². The van der Waals surface area contributed by atoms with E-state index < -0.39 is 6.10 Å². The molecule has 0 saturated carbocycles. The number of anilines is 1. The number of aliphatic hydroxyl groups excluding tert-OH is 1. The number of pyridine rings is 1. The van der Waals surface area contributed by atoms with Gasteiger partial charge in [-0.25, -0.2) is 15.0 Å². The summed E-state index contributed by atoms with van der Waals surface area (Å²) in [5.41, 5.74) is 2.37. The van der Waals surface area contributed by atoms with Gasteiger partial charge < -0.3 is 15.3 Å². The van der Waals surface area contributed by atoms with E-state index in [1.165, 1.54) is 0 Å². The first kappa shape index (κ1) is 17.5. The minimum Gasteiger partial charge on any atom is -0.383 e. The van der Waals surface area contributed by atoms with Crippen LogP contribution in [0.2, 0.25) is 0 Å².